The van der Waals surface area contributed by atoms with Crippen molar-refractivity contribution < 1.29 is 8.42 Å². The van der Waals surface area contributed by atoms with Crippen LogP contribution in [-0.2, 0) is 10.0 Å². The molecule has 0 spiro atoms. The van der Waals surface area contributed by atoms with Gasteiger partial charge in [0.25, 0.3) is 0 Å². The van der Waals surface area contributed by atoms with E-state index in [2.05, 4.69) is 6.92 Å². The first kappa shape index (κ1) is 14.3. The molecule has 1 atom stereocenters. The Morgan fingerprint density at radius 3 is 1.89 bits per heavy atom. The molecule has 1 unspecified atom stereocenters. The predicted molar refractivity (Wildman–Crippen MR) is 74.6 cm³/mol. The molecule has 106 valence electrons. The Morgan fingerprint density at radius 1 is 0.889 bits per heavy atom. The SMILES string of the molecule is CC(C1CCCCC1)C1CCC(S(N)(=O)=O)CC1. The Kier molecular flexibility index (Phi) is 4.70. The van der Waals surface area contributed by atoms with Crippen molar-refractivity contribution >= 4 is 10.0 Å². The Morgan fingerprint density at radius 2 is 1.39 bits per heavy atom. The van der Waals surface area contributed by atoms with Crippen LogP contribution >= 0.6 is 0 Å². The summed E-state index contributed by atoms with van der Waals surface area (Å²) >= 11 is 0. The minimum Gasteiger partial charge on any atom is -0.228 e. The molecule has 0 saturated heterocycles. The molecule has 0 aromatic carbocycles. The highest BCUT2D eigenvalue weighted by atomic mass is 32.2. The van der Waals surface area contributed by atoms with Crippen molar-refractivity contribution in [2.45, 2.75) is 70.0 Å². The van der Waals surface area contributed by atoms with Crippen molar-refractivity contribution in [1.82, 2.24) is 0 Å². The van der Waals surface area contributed by atoms with E-state index in [4.69, 9.17) is 5.14 Å². The third kappa shape index (κ3) is 3.47. The fraction of sp³-hybridized carbons (Fsp3) is 1.00. The highest BCUT2D eigenvalue weighted by Gasteiger charge is 2.33. The zero-order valence-corrected chi connectivity index (χ0v) is 12.3. The zero-order valence-electron chi connectivity index (χ0n) is 11.5. The molecule has 2 aliphatic rings. The first-order valence-electron chi connectivity index (χ1n) is 7.50. The van der Waals surface area contributed by atoms with Gasteiger partial charge in [-0.1, -0.05) is 39.0 Å². The first-order valence-corrected chi connectivity index (χ1v) is 9.11. The number of sulfonamides is 1. The summed E-state index contributed by atoms with van der Waals surface area (Å²) in [4.78, 5) is 0. The van der Waals surface area contributed by atoms with E-state index in [9.17, 15) is 8.42 Å². The molecule has 3 nitrogen and oxygen atoms in total. The molecular weight excluding hydrogens is 246 g/mol. The molecule has 0 bridgehead atoms. The molecule has 2 rings (SSSR count). The molecule has 4 heteroatoms. The lowest BCUT2D eigenvalue weighted by Gasteiger charge is -2.37. The molecule has 2 saturated carbocycles. The lowest BCUT2D eigenvalue weighted by Crippen LogP contribution is -2.35. The monoisotopic (exact) mass is 273 g/mol. The molecule has 0 aromatic heterocycles. The summed E-state index contributed by atoms with van der Waals surface area (Å²) in [7, 11) is -3.30. The van der Waals surface area contributed by atoms with E-state index in [0.29, 0.717) is 0 Å². The Balaban J connectivity index is 1.85. The fourth-order valence-electron chi connectivity index (χ4n) is 3.99. The largest absolute Gasteiger partial charge is 0.228 e. The predicted octanol–water partition coefficient (Wildman–Crippen LogP) is 3.05. The van der Waals surface area contributed by atoms with Gasteiger partial charge in [0.05, 0.1) is 5.25 Å². The molecule has 0 aliphatic heterocycles. The van der Waals surface area contributed by atoms with Crippen LogP contribution in [0.1, 0.15) is 64.7 Å². The normalized spacial score (nSPS) is 33.2. The quantitative estimate of drug-likeness (QED) is 0.859. The number of hydrogen-bond acceptors (Lipinski definition) is 2. The molecule has 2 N–H and O–H groups in total. The van der Waals surface area contributed by atoms with E-state index in [1.54, 1.807) is 0 Å². The van der Waals surface area contributed by atoms with Crippen molar-refractivity contribution in [2.24, 2.45) is 22.9 Å². The highest BCUT2D eigenvalue weighted by molar-refractivity contribution is 7.89. The van der Waals surface area contributed by atoms with Gasteiger partial charge in [0, 0.05) is 0 Å². The third-order valence-electron chi connectivity index (χ3n) is 5.32. The number of rotatable bonds is 3. The highest BCUT2D eigenvalue weighted by Crippen LogP contribution is 2.40. The van der Waals surface area contributed by atoms with Crippen molar-refractivity contribution in [1.29, 1.82) is 0 Å². The Bertz CT molecular complexity index is 352. The second-order valence-electron chi connectivity index (χ2n) is 6.38. The molecule has 0 amide bonds. The summed E-state index contributed by atoms with van der Waals surface area (Å²) in [6.45, 7) is 2.39. The maximum atomic E-state index is 11.3. The van der Waals surface area contributed by atoms with Gasteiger partial charge < -0.3 is 0 Å². The van der Waals surface area contributed by atoms with Gasteiger partial charge in [-0.2, -0.15) is 0 Å². The van der Waals surface area contributed by atoms with E-state index in [1.807, 2.05) is 0 Å². The van der Waals surface area contributed by atoms with Crippen LogP contribution in [0.15, 0.2) is 0 Å². The zero-order chi connectivity index (χ0) is 13.2. The van der Waals surface area contributed by atoms with Gasteiger partial charge in [-0.05, 0) is 43.4 Å². The second kappa shape index (κ2) is 5.91. The Hall–Kier alpha value is -0.0900. The van der Waals surface area contributed by atoms with Gasteiger partial charge in [0.2, 0.25) is 10.0 Å². The second-order valence-corrected chi connectivity index (χ2v) is 8.23. The molecule has 0 radical (unpaired) electrons. The van der Waals surface area contributed by atoms with Crippen LogP contribution < -0.4 is 5.14 Å². The minimum atomic E-state index is -3.30. The summed E-state index contributed by atoms with van der Waals surface area (Å²) in [6.07, 6.45) is 10.6. The van der Waals surface area contributed by atoms with Crippen LogP contribution in [0.5, 0.6) is 0 Å². The van der Waals surface area contributed by atoms with E-state index in [0.717, 1.165) is 43.4 Å². The maximum absolute atomic E-state index is 11.3. The molecular formula is C14H27NO2S. The van der Waals surface area contributed by atoms with E-state index < -0.39 is 10.0 Å². The molecule has 18 heavy (non-hydrogen) atoms. The standard InChI is InChI=1S/C14H27NO2S/c1-11(12-5-3-2-4-6-12)13-7-9-14(10-8-13)18(15,16)17/h11-14H,2-10H2,1H3,(H2,15,16,17). The molecule has 2 aliphatic carbocycles. The van der Waals surface area contributed by atoms with Crippen LogP contribution in [0.3, 0.4) is 0 Å². The van der Waals surface area contributed by atoms with Crippen LogP contribution in [0, 0.1) is 17.8 Å². The van der Waals surface area contributed by atoms with Crippen molar-refractivity contribution in [3.8, 4) is 0 Å². The van der Waals surface area contributed by atoms with Gasteiger partial charge >= 0.3 is 0 Å². The average Bonchev–Trinajstić information content (AvgIpc) is 2.38. The van der Waals surface area contributed by atoms with Gasteiger partial charge in [0.1, 0.15) is 0 Å². The summed E-state index contributed by atoms with van der Waals surface area (Å²) < 4.78 is 22.7. The van der Waals surface area contributed by atoms with Crippen LogP contribution in [0.25, 0.3) is 0 Å². The topological polar surface area (TPSA) is 60.2 Å². The number of hydrogen-bond donors (Lipinski definition) is 1. The van der Waals surface area contributed by atoms with E-state index in [1.165, 1.54) is 32.1 Å². The fourth-order valence-corrected chi connectivity index (χ4v) is 4.92. The Labute approximate surface area is 112 Å². The van der Waals surface area contributed by atoms with Gasteiger partial charge in [0.15, 0.2) is 0 Å². The summed E-state index contributed by atoms with van der Waals surface area (Å²) in [6, 6.07) is 0. The van der Waals surface area contributed by atoms with Gasteiger partial charge in [-0.15, -0.1) is 0 Å². The minimum absolute atomic E-state index is 0.271. The number of primary sulfonamides is 1. The lowest BCUT2D eigenvalue weighted by molar-refractivity contribution is 0.160. The van der Waals surface area contributed by atoms with Crippen molar-refractivity contribution in [2.75, 3.05) is 0 Å². The van der Waals surface area contributed by atoms with Crippen LogP contribution in [0.2, 0.25) is 0 Å². The third-order valence-corrected chi connectivity index (χ3v) is 6.72. The van der Waals surface area contributed by atoms with Gasteiger partial charge in [-0.3, -0.25) is 0 Å². The van der Waals surface area contributed by atoms with E-state index in [-0.39, 0.29) is 5.25 Å². The van der Waals surface area contributed by atoms with Crippen LogP contribution in [-0.4, -0.2) is 13.7 Å². The van der Waals surface area contributed by atoms with Gasteiger partial charge in [-0.25, -0.2) is 13.6 Å². The number of nitrogens with two attached hydrogens (primary N) is 1. The smallest absolute Gasteiger partial charge is 0.211 e. The average molecular weight is 273 g/mol. The molecule has 2 fully saturated rings. The van der Waals surface area contributed by atoms with Crippen molar-refractivity contribution in [3.63, 3.8) is 0 Å². The lowest BCUT2D eigenvalue weighted by atomic mass is 9.70. The molecule has 0 aromatic rings. The maximum Gasteiger partial charge on any atom is 0.211 e. The summed E-state index contributed by atoms with van der Waals surface area (Å²) in [5, 5.41) is 4.98. The van der Waals surface area contributed by atoms with Crippen molar-refractivity contribution in [3.05, 3.63) is 0 Å². The van der Waals surface area contributed by atoms with Crippen LogP contribution in [0.4, 0.5) is 0 Å². The van der Waals surface area contributed by atoms with E-state index >= 15 is 0 Å². The summed E-state index contributed by atoms with van der Waals surface area (Å²) in [5.41, 5.74) is 0. The summed E-state index contributed by atoms with van der Waals surface area (Å²) in [5.74, 6) is 2.38. The first-order chi connectivity index (χ1) is 8.48. The molecule has 0 heterocycles.